The van der Waals surface area contributed by atoms with Crippen LogP contribution in [0.2, 0.25) is 0 Å². The van der Waals surface area contributed by atoms with E-state index in [1.807, 2.05) is 6.07 Å². The maximum Gasteiger partial charge on any atom is 0.0464 e. The molecule has 0 bridgehead atoms. The zero-order chi connectivity index (χ0) is 18.1. The molecular weight excluding hydrogens is 326 g/mol. The zero-order valence-electron chi connectivity index (χ0n) is 14.9. The number of nitrogens with one attached hydrogen (secondary N) is 1. The van der Waals surface area contributed by atoms with Crippen molar-refractivity contribution in [1.29, 1.82) is 0 Å². The average Bonchev–Trinajstić information content (AvgIpc) is 2.74. The summed E-state index contributed by atoms with van der Waals surface area (Å²) in [6, 6.07) is 38.4. The van der Waals surface area contributed by atoms with E-state index >= 15 is 0 Å². The van der Waals surface area contributed by atoms with Gasteiger partial charge in [0, 0.05) is 16.9 Å². The maximum absolute atomic E-state index is 3.58. The summed E-state index contributed by atoms with van der Waals surface area (Å²) in [4.78, 5) is 0. The Morgan fingerprint density at radius 2 is 1.07 bits per heavy atom. The van der Waals surface area contributed by atoms with Gasteiger partial charge in [0.25, 0.3) is 0 Å². The largest absolute Gasteiger partial charge is 0.355 e. The number of fused-ring (bicyclic) bond motifs is 3. The normalized spacial score (nSPS) is 11.0. The fourth-order valence-electron chi connectivity index (χ4n) is 3.78. The van der Waals surface area contributed by atoms with Crippen molar-refractivity contribution in [3.8, 4) is 11.1 Å². The summed E-state index contributed by atoms with van der Waals surface area (Å²) in [5.41, 5.74) is 4.67. The molecule has 0 aliphatic rings. The van der Waals surface area contributed by atoms with Crippen LogP contribution in [0.3, 0.4) is 0 Å². The van der Waals surface area contributed by atoms with Crippen molar-refractivity contribution in [2.24, 2.45) is 0 Å². The Hall–Kier alpha value is -3.58. The van der Waals surface area contributed by atoms with Crippen molar-refractivity contribution in [3.05, 3.63) is 109 Å². The van der Waals surface area contributed by atoms with Crippen molar-refractivity contribution in [2.45, 2.75) is 0 Å². The van der Waals surface area contributed by atoms with E-state index in [-0.39, 0.29) is 0 Å². The van der Waals surface area contributed by atoms with Gasteiger partial charge in [-0.3, -0.25) is 0 Å². The van der Waals surface area contributed by atoms with E-state index in [1.54, 1.807) is 0 Å². The number of hydrogen-bond donors (Lipinski definition) is 1. The molecule has 0 heterocycles. The number of para-hydroxylation sites is 2. The minimum atomic E-state index is 1.09. The smallest absolute Gasteiger partial charge is 0.0464 e. The van der Waals surface area contributed by atoms with Crippen LogP contribution >= 0.6 is 0 Å². The Kier molecular flexibility index (Phi) is 3.84. The molecule has 128 valence electrons. The first-order valence-electron chi connectivity index (χ1n) is 9.22. The Labute approximate surface area is 158 Å². The van der Waals surface area contributed by atoms with Gasteiger partial charge in [-0.05, 0) is 51.4 Å². The van der Waals surface area contributed by atoms with E-state index < -0.39 is 0 Å². The van der Waals surface area contributed by atoms with Crippen molar-refractivity contribution in [1.82, 2.24) is 0 Å². The van der Waals surface area contributed by atoms with Gasteiger partial charge in [-0.2, -0.15) is 0 Å². The lowest BCUT2D eigenvalue weighted by Crippen LogP contribution is -1.94. The van der Waals surface area contributed by atoms with E-state index in [0.717, 1.165) is 11.4 Å². The van der Waals surface area contributed by atoms with E-state index in [1.165, 1.54) is 32.7 Å². The number of anilines is 2. The molecule has 0 atom stereocenters. The molecule has 0 radical (unpaired) electrons. The van der Waals surface area contributed by atoms with Gasteiger partial charge in [0.1, 0.15) is 0 Å². The van der Waals surface area contributed by atoms with E-state index in [2.05, 4.69) is 108 Å². The van der Waals surface area contributed by atoms with E-state index in [0.29, 0.717) is 0 Å². The van der Waals surface area contributed by atoms with Gasteiger partial charge in [-0.25, -0.2) is 0 Å². The second-order valence-corrected chi connectivity index (χ2v) is 6.73. The Morgan fingerprint density at radius 1 is 0.444 bits per heavy atom. The molecule has 1 nitrogen and oxygen atoms in total. The molecule has 0 saturated heterocycles. The molecule has 0 unspecified atom stereocenters. The highest BCUT2D eigenvalue weighted by Crippen LogP contribution is 2.38. The molecule has 0 amide bonds. The van der Waals surface area contributed by atoms with Gasteiger partial charge in [-0.15, -0.1) is 0 Å². The highest BCUT2D eigenvalue weighted by Gasteiger charge is 2.11. The van der Waals surface area contributed by atoms with Crippen LogP contribution in [-0.4, -0.2) is 0 Å². The second kappa shape index (κ2) is 6.62. The molecule has 0 aliphatic heterocycles. The van der Waals surface area contributed by atoms with Crippen LogP contribution < -0.4 is 5.32 Å². The Balaban J connectivity index is 1.76. The van der Waals surface area contributed by atoms with Crippen molar-refractivity contribution in [3.63, 3.8) is 0 Å². The molecule has 5 rings (SSSR count). The predicted molar refractivity (Wildman–Crippen MR) is 117 cm³/mol. The predicted octanol–water partition coefficient (Wildman–Crippen LogP) is 7.40. The fourth-order valence-corrected chi connectivity index (χ4v) is 3.78. The van der Waals surface area contributed by atoms with Gasteiger partial charge in [0.2, 0.25) is 0 Å². The summed E-state index contributed by atoms with van der Waals surface area (Å²) >= 11 is 0. The highest BCUT2D eigenvalue weighted by atomic mass is 14.9. The van der Waals surface area contributed by atoms with Gasteiger partial charge in [-0.1, -0.05) is 84.9 Å². The summed E-state index contributed by atoms with van der Waals surface area (Å²) in [7, 11) is 0. The lowest BCUT2D eigenvalue weighted by atomic mass is 9.92. The third-order valence-corrected chi connectivity index (χ3v) is 5.04. The minimum Gasteiger partial charge on any atom is -0.355 e. The Morgan fingerprint density at radius 3 is 1.93 bits per heavy atom. The van der Waals surface area contributed by atoms with Crippen molar-refractivity contribution in [2.75, 3.05) is 5.32 Å². The summed E-state index contributed by atoms with van der Waals surface area (Å²) in [6.07, 6.45) is 0. The molecule has 5 aromatic carbocycles. The fraction of sp³-hybridized carbons (Fsp3) is 0. The van der Waals surface area contributed by atoms with Crippen LogP contribution in [-0.2, 0) is 0 Å². The molecule has 0 aromatic heterocycles. The third kappa shape index (κ3) is 2.84. The summed E-state index contributed by atoms with van der Waals surface area (Å²) < 4.78 is 0. The molecule has 5 aromatic rings. The van der Waals surface area contributed by atoms with E-state index in [9.17, 15) is 0 Å². The van der Waals surface area contributed by atoms with Crippen LogP contribution in [0.4, 0.5) is 11.4 Å². The molecule has 0 saturated carbocycles. The standard InChI is InChI=1S/C26H19N/c1-2-11-20(12-3-1)27-26-17-9-8-16-24(26)25-18-19-10-4-5-13-21(19)22-14-6-7-15-23(22)25/h1-18,27H. The van der Waals surface area contributed by atoms with Crippen LogP contribution in [0.25, 0.3) is 32.7 Å². The van der Waals surface area contributed by atoms with Crippen LogP contribution in [0.5, 0.6) is 0 Å². The van der Waals surface area contributed by atoms with E-state index in [4.69, 9.17) is 0 Å². The first kappa shape index (κ1) is 15.7. The SMILES string of the molecule is c1ccc(Nc2ccccc2-c2cc3ccccc3c3ccccc23)cc1. The lowest BCUT2D eigenvalue weighted by molar-refractivity contribution is 1.54. The minimum absolute atomic E-state index is 1.09. The summed E-state index contributed by atoms with van der Waals surface area (Å²) in [5.74, 6) is 0. The number of rotatable bonds is 3. The van der Waals surface area contributed by atoms with Crippen LogP contribution in [0, 0.1) is 0 Å². The number of hydrogen-bond acceptors (Lipinski definition) is 1. The van der Waals surface area contributed by atoms with Gasteiger partial charge < -0.3 is 5.32 Å². The van der Waals surface area contributed by atoms with Gasteiger partial charge in [0.15, 0.2) is 0 Å². The second-order valence-electron chi connectivity index (χ2n) is 6.73. The van der Waals surface area contributed by atoms with Crippen molar-refractivity contribution < 1.29 is 0 Å². The van der Waals surface area contributed by atoms with Crippen LogP contribution in [0.1, 0.15) is 0 Å². The first-order valence-corrected chi connectivity index (χ1v) is 9.22. The summed E-state index contributed by atoms with van der Waals surface area (Å²) in [6.45, 7) is 0. The molecule has 1 heteroatoms. The Bertz CT molecular complexity index is 1240. The summed E-state index contributed by atoms with van der Waals surface area (Å²) in [5, 5.41) is 8.71. The van der Waals surface area contributed by atoms with Gasteiger partial charge >= 0.3 is 0 Å². The zero-order valence-corrected chi connectivity index (χ0v) is 14.9. The van der Waals surface area contributed by atoms with Crippen molar-refractivity contribution >= 4 is 32.9 Å². The molecule has 1 N–H and O–H groups in total. The number of benzene rings is 5. The highest BCUT2D eigenvalue weighted by molar-refractivity contribution is 6.14. The maximum atomic E-state index is 3.58. The quantitative estimate of drug-likeness (QED) is 0.336. The molecule has 0 fully saturated rings. The third-order valence-electron chi connectivity index (χ3n) is 5.04. The van der Waals surface area contributed by atoms with Gasteiger partial charge in [0.05, 0.1) is 0 Å². The first-order chi connectivity index (χ1) is 13.4. The average molecular weight is 345 g/mol. The molecule has 0 spiro atoms. The lowest BCUT2D eigenvalue weighted by Gasteiger charge is -2.16. The monoisotopic (exact) mass is 345 g/mol. The topological polar surface area (TPSA) is 12.0 Å². The molecule has 27 heavy (non-hydrogen) atoms. The molecular formula is C26H19N. The van der Waals surface area contributed by atoms with Crippen LogP contribution in [0.15, 0.2) is 109 Å². The molecule has 0 aliphatic carbocycles.